The third kappa shape index (κ3) is 3.94. The van der Waals surface area contributed by atoms with Crippen LogP contribution in [0.2, 0.25) is 0 Å². The largest absolute Gasteiger partial charge is 0.352 e. The predicted octanol–water partition coefficient (Wildman–Crippen LogP) is 3.33. The van der Waals surface area contributed by atoms with E-state index in [0.29, 0.717) is 11.5 Å². The number of hydrogen-bond acceptors (Lipinski definition) is 3. The molecule has 3 rings (SSSR count). The number of rotatable bonds is 4. The maximum atomic E-state index is 8.81. The molecule has 2 aromatic carbocycles. The van der Waals surface area contributed by atoms with Crippen molar-refractivity contribution >= 4 is 0 Å². The highest BCUT2D eigenvalue weighted by molar-refractivity contribution is 5.31. The zero-order valence-electron chi connectivity index (χ0n) is 12.4. The second-order valence-corrected chi connectivity index (χ2v) is 5.66. The van der Waals surface area contributed by atoms with Crippen LogP contribution >= 0.6 is 0 Å². The molecule has 0 unspecified atom stereocenters. The highest BCUT2D eigenvalue weighted by atomic mass is 16.7. The molecular formula is C19H19NO2. The monoisotopic (exact) mass is 293 g/mol. The Morgan fingerprint density at radius 2 is 1.50 bits per heavy atom. The molecule has 0 atom stereocenters. The van der Waals surface area contributed by atoms with Crippen LogP contribution in [0.25, 0.3) is 0 Å². The zero-order chi connectivity index (χ0) is 15.2. The maximum Gasteiger partial charge on any atom is 0.161 e. The molecule has 0 saturated carbocycles. The van der Waals surface area contributed by atoms with E-state index in [9.17, 15) is 0 Å². The Kier molecular flexibility index (Phi) is 4.85. The lowest BCUT2D eigenvalue weighted by atomic mass is 9.99. The van der Waals surface area contributed by atoms with Crippen molar-refractivity contribution in [1.29, 1.82) is 5.26 Å². The van der Waals surface area contributed by atoms with Gasteiger partial charge in [-0.25, -0.2) is 0 Å². The van der Waals surface area contributed by atoms with Crippen LogP contribution in [0.5, 0.6) is 0 Å². The fourth-order valence-corrected chi connectivity index (χ4v) is 2.67. The quantitative estimate of drug-likeness (QED) is 0.868. The molecule has 22 heavy (non-hydrogen) atoms. The van der Waals surface area contributed by atoms with Crippen molar-refractivity contribution in [3.8, 4) is 6.07 Å². The van der Waals surface area contributed by atoms with Crippen LogP contribution in [0.1, 0.15) is 16.7 Å². The van der Waals surface area contributed by atoms with Gasteiger partial charge in [-0.05, 0) is 29.7 Å². The maximum absolute atomic E-state index is 8.81. The lowest BCUT2D eigenvalue weighted by Gasteiger charge is -2.29. The van der Waals surface area contributed by atoms with Crippen LogP contribution in [0.15, 0.2) is 54.6 Å². The molecule has 112 valence electrons. The molecule has 1 fully saturated rings. The van der Waals surface area contributed by atoms with E-state index in [2.05, 4.69) is 18.2 Å². The molecule has 0 radical (unpaired) electrons. The third-order valence-corrected chi connectivity index (χ3v) is 3.89. The van der Waals surface area contributed by atoms with Crippen molar-refractivity contribution in [3.05, 3.63) is 71.3 Å². The molecule has 1 heterocycles. The van der Waals surface area contributed by atoms with Crippen molar-refractivity contribution in [2.24, 2.45) is 5.92 Å². The highest BCUT2D eigenvalue weighted by Crippen LogP contribution is 2.19. The molecule has 0 amide bonds. The number of nitrogens with zero attached hydrogens (tertiary/aromatic N) is 1. The summed E-state index contributed by atoms with van der Waals surface area (Å²) < 4.78 is 11.7. The van der Waals surface area contributed by atoms with Crippen LogP contribution in [0.3, 0.4) is 0 Å². The Labute approximate surface area is 131 Å². The second-order valence-electron chi connectivity index (χ2n) is 5.66. The van der Waals surface area contributed by atoms with Gasteiger partial charge in [0.1, 0.15) is 0 Å². The summed E-state index contributed by atoms with van der Waals surface area (Å²) in [7, 11) is 0. The summed E-state index contributed by atoms with van der Waals surface area (Å²) in [5.74, 6) is 0.375. The van der Waals surface area contributed by atoms with Crippen LogP contribution in [0.4, 0.5) is 0 Å². The standard InChI is InChI=1S/C19H19NO2/c20-12-17-8-6-16(7-9-17)10-18-13-21-19(22-14-18)11-15-4-2-1-3-5-15/h1-9,18-19H,10-11,13-14H2. The fourth-order valence-electron chi connectivity index (χ4n) is 2.67. The summed E-state index contributed by atoms with van der Waals surface area (Å²) in [5.41, 5.74) is 3.15. The molecule has 0 N–H and O–H groups in total. The fraction of sp³-hybridized carbons (Fsp3) is 0.316. The first-order valence-corrected chi connectivity index (χ1v) is 7.59. The van der Waals surface area contributed by atoms with Crippen molar-refractivity contribution in [3.63, 3.8) is 0 Å². The summed E-state index contributed by atoms with van der Waals surface area (Å²) in [5, 5.41) is 8.81. The Morgan fingerprint density at radius 3 is 2.14 bits per heavy atom. The minimum atomic E-state index is -0.139. The first-order valence-electron chi connectivity index (χ1n) is 7.59. The SMILES string of the molecule is N#Cc1ccc(CC2COC(Cc3ccccc3)OC2)cc1. The lowest BCUT2D eigenvalue weighted by molar-refractivity contribution is -0.198. The zero-order valence-corrected chi connectivity index (χ0v) is 12.4. The Balaban J connectivity index is 1.48. The molecule has 1 aliphatic heterocycles. The van der Waals surface area contributed by atoms with Gasteiger partial charge in [-0.15, -0.1) is 0 Å². The van der Waals surface area contributed by atoms with Gasteiger partial charge in [0, 0.05) is 12.3 Å². The molecule has 0 bridgehead atoms. The first-order chi connectivity index (χ1) is 10.8. The number of ether oxygens (including phenoxy) is 2. The van der Waals surface area contributed by atoms with Crippen molar-refractivity contribution in [2.75, 3.05) is 13.2 Å². The Hall–Kier alpha value is -2.15. The third-order valence-electron chi connectivity index (χ3n) is 3.89. The van der Waals surface area contributed by atoms with E-state index in [-0.39, 0.29) is 6.29 Å². The van der Waals surface area contributed by atoms with Gasteiger partial charge in [-0.3, -0.25) is 0 Å². The normalized spacial score (nSPS) is 21.2. The summed E-state index contributed by atoms with van der Waals surface area (Å²) in [6.07, 6.45) is 1.58. The Bertz CT molecular complexity index is 623. The summed E-state index contributed by atoms with van der Waals surface area (Å²) in [6, 6.07) is 20.1. The molecule has 0 spiro atoms. The van der Waals surface area contributed by atoms with Crippen LogP contribution in [0, 0.1) is 17.2 Å². The van der Waals surface area contributed by atoms with Crippen molar-refractivity contribution in [2.45, 2.75) is 19.1 Å². The van der Waals surface area contributed by atoms with E-state index in [1.54, 1.807) is 0 Å². The minimum absolute atomic E-state index is 0.139. The number of hydrogen-bond donors (Lipinski definition) is 0. The van der Waals surface area contributed by atoms with E-state index in [4.69, 9.17) is 14.7 Å². The first kappa shape index (κ1) is 14.8. The summed E-state index contributed by atoms with van der Waals surface area (Å²) in [6.45, 7) is 1.44. The van der Waals surface area contributed by atoms with E-state index in [1.807, 2.05) is 42.5 Å². The van der Waals surface area contributed by atoms with Gasteiger partial charge in [-0.1, -0.05) is 42.5 Å². The molecule has 3 nitrogen and oxygen atoms in total. The minimum Gasteiger partial charge on any atom is -0.352 e. The van der Waals surface area contributed by atoms with Gasteiger partial charge in [0.15, 0.2) is 6.29 Å². The Morgan fingerprint density at radius 1 is 0.864 bits per heavy atom. The molecule has 2 aromatic rings. The van der Waals surface area contributed by atoms with Gasteiger partial charge in [0.2, 0.25) is 0 Å². The van der Waals surface area contributed by atoms with E-state index >= 15 is 0 Å². The highest BCUT2D eigenvalue weighted by Gasteiger charge is 2.22. The summed E-state index contributed by atoms with van der Waals surface area (Å²) in [4.78, 5) is 0. The van der Waals surface area contributed by atoms with Crippen LogP contribution in [-0.2, 0) is 22.3 Å². The average molecular weight is 293 g/mol. The van der Waals surface area contributed by atoms with E-state index < -0.39 is 0 Å². The molecule has 1 saturated heterocycles. The van der Waals surface area contributed by atoms with Crippen molar-refractivity contribution in [1.82, 2.24) is 0 Å². The van der Waals surface area contributed by atoms with Crippen LogP contribution in [-0.4, -0.2) is 19.5 Å². The smallest absolute Gasteiger partial charge is 0.161 e. The van der Waals surface area contributed by atoms with Gasteiger partial charge in [0.25, 0.3) is 0 Å². The number of nitriles is 1. The second kappa shape index (κ2) is 7.22. The predicted molar refractivity (Wildman–Crippen MR) is 84.2 cm³/mol. The summed E-state index contributed by atoms with van der Waals surface area (Å²) >= 11 is 0. The molecule has 1 aliphatic rings. The molecular weight excluding hydrogens is 274 g/mol. The molecule has 0 aliphatic carbocycles. The number of benzene rings is 2. The van der Waals surface area contributed by atoms with E-state index in [0.717, 1.165) is 26.1 Å². The van der Waals surface area contributed by atoms with E-state index in [1.165, 1.54) is 11.1 Å². The van der Waals surface area contributed by atoms with Gasteiger partial charge in [0.05, 0.1) is 24.8 Å². The average Bonchev–Trinajstić information content (AvgIpc) is 2.58. The van der Waals surface area contributed by atoms with Crippen molar-refractivity contribution < 1.29 is 9.47 Å². The molecule has 3 heteroatoms. The van der Waals surface area contributed by atoms with Gasteiger partial charge >= 0.3 is 0 Å². The molecule has 0 aromatic heterocycles. The lowest BCUT2D eigenvalue weighted by Crippen LogP contribution is -2.34. The topological polar surface area (TPSA) is 42.2 Å². The van der Waals surface area contributed by atoms with Crippen LogP contribution < -0.4 is 0 Å². The van der Waals surface area contributed by atoms with Gasteiger partial charge < -0.3 is 9.47 Å². The van der Waals surface area contributed by atoms with Gasteiger partial charge in [-0.2, -0.15) is 5.26 Å².